The Morgan fingerprint density at radius 3 is 2.16 bits per heavy atom. The number of carbonyl (C=O) groups is 2. The number of nitrogens with zero attached hydrogens (tertiary/aromatic N) is 1. The summed E-state index contributed by atoms with van der Waals surface area (Å²) in [4.78, 5) is 27.1. The van der Waals surface area contributed by atoms with E-state index in [-0.39, 0.29) is 31.0 Å². The number of nitrogens with one attached hydrogen (secondary N) is 1. The number of ether oxygens (including phenoxy) is 1. The minimum absolute atomic E-state index is 0.0346. The van der Waals surface area contributed by atoms with Gasteiger partial charge >= 0.3 is 0 Å². The quantitative estimate of drug-likeness (QED) is 0.537. The Morgan fingerprint density at radius 1 is 0.968 bits per heavy atom. The maximum absolute atomic E-state index is 13.0. The molecule has 0 saturated carbocycles. The molecule has 2 rings (SSSR count). The van der Waals surface area contributed by atoms with Gasteiger partial charge in [-0.1, -0.05) is 55.2 Å². The molecule has 0 heterocycles. The number of hydrogen-bond acceptors (Lipinski definition) is 3. The van der Waals surface area contributed by atoms with E-state index in [2.05, 4.69) is 19.2 Å². The van der Waals surface area contributed by atoms with Crippen molar-refractivity contribution < 1.29 is 14.3 Å². The molecule has 31 heavy (non-hydrogen) atoms. The Morgan fingerprint density at radius 2 is 1.61 bits per heavy atom. The third-order valence-electron chi connectivity index (χ3n) is 4.84. The highest BCUT2D eigenvalue weighted by Gasteiger charge is 2.27. The Kier molecular flexibility index (Phi) is 9.20. The third kappa shape index (κ3) is 7.44. The van der Waals surface area contributed by atoms with Crippen LogP contribution >= 0.6 is 23.2 Å². The summed E-state index contributed by atoms with van der Waals surface area (Å²) in [5.74, 6) is 0.485. The fourth-order valence-corrected chi connectivity index (χ4v) is 3.32. The number of benzene rings is 2. The minimum Gasteiger partial charge on any atom is -0.484 e. The van der Waals surface area contributed by atoms with Gasteiger partial charge in [0.1, 0.15) is 11.8 Å². The lowest BCUT2D eigenvalue weighted by molar-refractivity contribution is -0.142. The molecule has 1 unspecified atom stereocenters. The van der Waals surface area contributed by atoms with E-state index < -0.39 is 6.04 Å². The molecule has 0 spiro atoms. The molecule has 7 heteroatoms. The van der Waals surface area contributed by atoms with Crippen molar-refractivity contribution >= 4 is 35.0 Å². The molecule has 168 valence electrons. The minimum atomic E-state index is -0.684. The van der Waals surface area contributed by atoms with Gasteiger partial charge in [-0.15, -0.1) is 0 Å². The highest BCUT2D eigenvalue weighted by atomic mass is 35.5. The maximum atomic E-state index is 13.0. The van der Waals surface area contributed by atoms with Crippen LogP contribution in [0.25, 0.3) is 0 Å². The lowest BCUT2D eigenvalue weighted by atomic mass is 10.0. The van der Waals surface area contributed by atoms with Crippen LogP contribution in [0.1, 0.15) is 51.7 Å². The maximum Gasteiger partial charge on any atom is 0.261 e. The summed E-state index contributed by atoms with van der Waals surface area (Å²) in [7, 11) is 0. The third-order valence-corrected chi connectivity index (χ3v) is 5.58. The molecular formula is C24H30Cl2N2O3. The molecule has 0 aromatic heterocycles. The van der Waals surface area contributed by atoms with Crippen LogP contribution in [0, 0.1) is 0 Å². The molecule has 1 N–H and O–H groups in total. The van der Waals surface area contributed by atoms with E-state index in [0.29, 0.717) is 21.7 Å². The topological polar surface area (TPSA) is 58.6 Å². The van der Waals surface area contributed by atoms with Gasteiger partial charge in [-0.3, -0.25) is 9.59 Å². The molecule has 0 saturated heterocycles. The first-order chi connectivity index (χ1) is 14.6. The van der Waals surface area contributed by atoms with E-state index in [9.17, 15) is 9.59 Å². The smallest absolute Gasteiger partial charge is 0.261 e. The molecule has 0 bridgehead atoms. The lowest BCUT2D eigenvalue weighted by Crippen LogP contribution is -2.50. The van der Waals surface area contributed by atoms with Crippen molar-refractivity contribution in [3.8, 4) is 5.75 Å². The van der Waals surface area contributed by atoms with Crippen LogP contribution in [-0.2, 0) is 16.1 Å². The average molecular weight is 465 g/mol. The van der Waals surface area contributed by atoms with Gasteiger partial charge in [0.15, 0.2) is 6.61 Å². The summed E-state index contributed by atoms with van der Waals surface area (Å²) in [5, 5.41) is 3.68. The molecule has 2 aromatic rings. The van der Waals surface area contributed by atoms with E-state index in [1.165, 1.54) is 10.5 Å². The normalized spacial score (nSPS) is 12.0. The molecule has 1 atom stereocenters. The Bertz CT molecular complexity index is 898. The fourth-order valence-electron chi connectivity index (χ4n) is 3.00. The number of rotatable bonds is 9. The van der Waals surface area contributed by atoms with Crippen molar-refractivity contribution in [2.24, 2.45) is 0 Å². The van der Waals surface area contributed by atoms with E-state index in [1.807, 2.05) is 38.1 Å². The second kappa shape index (κ2) is 11.4. The lowest BCUT2D eigenvalue weighted by Gasteiger charge is -2.29. The van der Waals surface area contributed by atoms with Gasteiger partial charge in [-0.25, -0.2) is 0 Å². The molecule has 0 aliphatic carbocycles. The van der Waals surface area contributed by atoms with Gasteiger partial charge in [0.25, 0.3) is 5.91 Å². The van der Waals surface area contributed by atoms with E-state index in [4.69, 9.17) is 27.9 Å². The Balaban J connectivity index is 2.16. The largest absolute Gasteiger partial charge is 0.484 e. The van der Waals surface area contributed by atoms with E-state index in [0.717, 1.165) is 5.56 Å². The van der Waals surface area contributed by atoms with Crippen LogP contribution in [0.5, 0.6) is 5.75 Å². The van der Waals surface area contributed by atoms with Crippen molar-refractivity contribution in [3.05, 3.63) is 63.6 Å². The molecule has 2 aromatic carbocycles. The van der Waals surface area contributed by atoms with Crippen LogP contribution in [0.2, 0.25) is 10.0 Å². The fraction of sp³-hybridized carbons (Fsp3) is 0.417. The van der Waals surface area contributed by atoms with Gasteiger partial charge in [0, 0.05) is 12.6 Å². The van der Waals surface area contributed by atoms with Crippen LogP contribution in [0.15, 0.2) is 42.5 Å². The number of amides is 2. The first-order valence-corrected chi connectivity index (χ1v) is 11.1. The summed E-state index contributed by atoms with van der Waals surface area (Å²) in [5.41, 5.74) is 1.96. The van der Waals surface area contributed by atoms with Crippen LogP contribution in [0.3, 0.4) is 0 Å². The van der Waals surface area contributed by atoms with E-state index in [1.54, 1.807) is 25.1 Å². The zero-order valence-corrected chi connectivity index (χ0v) is 20.1. The van der Waals surface area contributed by atoms with Crippen molar-refractivity contribution in [2.75, 3.05) is 6.61 Å². The predicted octanol–water partition coefficient (Wildman–Crippen LogP) is 5.44. The summed E-state index contributed by atoms with van der Waals surface area (Å²) >= 11 is 12.1. The van der Waals surface area contributed by atoms with Crippen molar-refractivity contribution in [3.63, 3.8) is 0 Å². The highest BCUT2D eigenvalue weighted by molar-refractivity contribution is 6.42. The zero-order valence-electron chi connectivity index (χ0n) is 18.6. The van der Waals surface area contributed by atoms with Gasteiger partial charge in [-0.05, 0) is 62.1 Å². The Labute approximate surface area is 194 Å². The number of hydrogen-bond donors (Lipinski definition) is 1. The van der Waals surface area contributed by atoms with Gasteiger partial charge < -0.3 is 15.0 Å². The second-order valence-electron chi connectivity index (χ2n) is 8.12. The molecule has 0 radical (unpaired) electrons. The van der Waals surface area contributed by atoms with Crippen molar-refractivity contribution in [1.82, 2.24) is 10.2 Å². The standard InChI is InChI=1S/C24H30Cl2N2O3/c1-15(2)19-7-9-20(10-8-19)31-14-23(29)28(17(5)24(30)27-16(3)4)13-18-6-11-21(25)22(26)12-18/h6-12,15-17H,13-14H2,1-5H3,(H,27,30). The SMILES string of the molecule is CC(C)NC(=O)C(C)N(Cc1ccc(Cl)c(Cl)c1)C(=O)COc1ccc(C(C)C)cc1. The molecule has 0 fully saturated rings. The summed E-state index contributed by atoms with van der Waals surface area (Å²) < 4.78 is 5.70. The molecular weight excluding hydrogens is 435 g/mol. The van der Waals surface area contributed by atoms with Gasteiger partial charge in [0.05, 0.1) is 10.0 Å². The predicted molar refractivity (Wildman–Crippen MR) is 126 cm³/mol. The number of carbonyl (C=O) groups excluding carboxylic acids is 2. The molecule has 0 aliphatic heterocycles. The first-order valence-electron chi connectivity index (χ1n) is 10.3. The van der Waals surface area contributed by atoms with Crippen LogP contribution in [0.4, 0.5) is 0 Å². The number of halogens is 2. The Hall–Kier alpha value is -2.24. The zero-order chi connectivity index (χ0) is 23.1. The van der Waals surface area contributed by atoms with Gasteiger partial charge in [-0.2, -0.15) is 0 Å². The van der Waals surface area contributed by atoms with E-state index >= 15 is 0 Å². The average Bonchev–Trinajstić information content (AvgIpc) is 2.72. The summed E-state index contributed by atoms with van der Waals surface area (Å²) in [6.45, 7) is 9.71. The van der Waals surface area contributed by atoms with Crippen LogP contribution in [-0.4, -0.2) is 35.4 Å². The van der Waals surface area contributed by atoms with Crippen molar-refractivity contribution in [1.29, 1.82) is 0 Å². The van der Waals surface area contributed by atoms with Crippen LogP contribution < -0.4 is 10.1 Å². The van der Waals surface area contributed by atoms with Crippen molar-refractivity contribution in [2.45, 2.75) is 59.2 Å². The first kappa shape index (κ1) is 25.0. The monoisotopic (exact) mass is 464 g/mol. The summed E-state index contributed by atoms with van der Waals surface area (Å²) in [6, 6.07) is 12.1. The highest BCUT2D eigenvalue weighted by Crippen LogP contribution is 2.24. The molecule has 0 aliphatic rings. The molecule has 2 amide bonds. The summed E-state index contributed by atoms with van der Waals surface area (Å²) in [6.07, 6.45) is 0. The molecule has 5 nitrogen and oxygen atoms in total. The van der Waals surface area contributed by atoms with Gasteiger partial charge in [0.2, 0.25) is 5.91 Å². The second-order valence-corrected chi connectivity index (χ2v) is 8.94.